The molecule has 1 saturated heterocycles. The Morgan fingerprint density at radius 1 is 1.20 bits per heavy atom. The van der Waals surface area contributed by atoms with E-state index in [0.717, 1.165) is 0 Å². The van der Waals surface area contributed by atoms with Gasteiger partial charge >= 0.3 is 0 Å². The van der Waals surface area contributed by atoms with Crippen LogP contribution in [0.15, 0.2) is 11.8 Å². The largest absolute Gasteiger partial charge is 0.375 e. The van der Waals surface area contributed by atoms with Crippen LogP contribution in [-0.4, -0.2) is 42.5 Å². The zero-order valence-corrected chi connectivity index (χ0v) is 10.0. The molecule has 0 saturated carbocycles. The van der Waals surface area contributed by atoms with Gasteiger partial charge in [-0.1, -0.05) is 19.4 Å². The highest BCUT2D eigenvalue weighted by molar-refractivity contribution is 5.07. The Bertz CT molecular complexity index is 217. The molecule has 0 aromatic heterocycles. The van der Waals surface area contributed by atoms with Crippen LogP contribution in [0.2, 0.25) is 0 Å². The van der Waals surface area contributed by atoms with Crippen LogP contribution in [0, 0.1) is 0 Å². The minimum Gasteiger partial charge on any atom is -0.375 e. The number of rotatable bonds is 4. The van der Waals surface area contributed by atoms with Gasteiger partial charge in [-0.2, -0.15) is 0 Å². The first-order chi connectivity index (χ1) is 7.40. The molecule has 0 N–H and O–H groups in total. The van der Waals surface area contributed by atoms with Crippen molar-refractivity contribution in [1.82, 2.24) is 9.80 Å². The summed E-state index contributed by atoms with van der Waals surface area (Å²) in [5.74, 6) is 0. The molecule has 0 bridgehead atoms. The van der Waals surface area contributed by atoms with E-state index < -0.39 is 0 Å². The topological polar surface area (TPSA) is 6.48 Å². The van der Waals surface area contributed by atoms with E-state index in [4.69, 9.17) is 0 Å². The maximum absolute atomic E-state index is 2.59. The summed E-state index contributed by atoms with van der Waals surface area (Å²) < 4.78 is 0. The van der Waals surface area contributed by atoms with Crippen molar-refractivity contribution in [3.8, 4) is 0 Å². The fourth-order valence-corrected chi connectivity index (χ4v) is 2.58. The van der Waals surface area contributed by atoms with Crippen molar-refractivity contribution in [2.75, 3.05) is 32.7 Å². The minimum atomic E-state index is 1.19. The van der Waals surface area contributed by atoms with Crippen LogP contribution in [-0.2, 0) is 0 Å². The number of hydrogen-bond acceptors (Lipinski definition) is 2. The summed E-state index contributed by atoms with van der Waals surface area (Å²) in [7, 11) is 0. The Kier molecular flexibility index (Phi) is 4.07. The van der Waals surface area contributed by atoms with E-state index in [1.807, 2.05) is 0 Å². The summed E-state index contributed by atoms with van der Waals surface area (Å²) in [5, 5.41) is 0. The first kappa shape index (κ1) is 11.0. The average molecular weight is 208 g/mol. The van der Waals surface area contributed by atoms with Crippen molar-refractivity contribution in [2.45, 2.75) is 39.0 Å². The number of likely N-dealkylation sites (tertiary alicyclic amines) is 1. The van der Waals surface area contributed by atoms with Gasteiger partial charge in [0.25, 0.3) is 0 Å². The standard InChI is InChI=1S/C13H24N2/c1-2-3-8-14-11-6-13(7-12-14)15-9-4-5-10-15/h6H,2-5,7-12H2,1H3. The fourth-order valence-electron chi connectivity index (χ4n) is 2.58. The third-order valence-electron chi connectivity index (χ3n) is 3.61. The maximum atomic E-state index is 2.59. The van der Waals surface area contributed by atoms with Gasteiger partial charge in [0.1, 0.15) is 0 Å². The van der Waals surface area contributed by atoms with Gasteiger partial charge in [0.2, 0.25) is 0 Å². The lowest BCUT2D eigenvalue weighted by Crippen LogP contribution is -2.33. The molecule has 0 atom stereocenters. The van der Waals surface area contributed by atoms with E-state index >= 15 is 0 Å². The minimum absolute atomic E-state index is 1.19. The lowest BCUT2D eigenvalue weighted by molar-refractivity contribution is 0.264. The van der Waals surface area contributed by atoms with Crippen molar-refractivity contribution >= 4 is 0 Å². The van der Waals surface area contributed by atoms with Crippen molar-refractivity contribution in [3.05, 3.63) is 11.8 Å². The summed E-state index contributed by atoms with van der Waals surface area (Å²) in [4.78, 5) is 5.18. The summed E-state index contributed by atoms with van der Waals surface area (Å²) in [6, 6.07) is 0. The van der Waals surface area contributed by atoms with Gasteiger partial charge in [0.15, 0.2) is 0 Å². The first-order valence-corrected chi connectivity index (χ1v) is 6.56. The normalized spacial score (nSPS) is 23.3. The van der Waals surface area contributed by atoms with Crippen molar-refractivity contribution < 1.29 is 0 Å². The number of nitrogens with zero attached hydrogens (tertiary/aromatic N) is 2. The smallest absolute Gasteiger partial charge is 0.0183 e. The molecule has 2 heterocycles. The predicted octanol–water partition coefficient (Wildman–Crippen LogP) is 2.47. The second-order valence-corrected chi connectivity index (χ2v) is 4.79. The Morgan fingerprint density at radius 3 is 2.60 bits per heavy atom. The quantitative estimate of drug-likeness (QED) is 0.700. The highest BCUT2D eigenvalue weighted by Gasteiger charge is 2.18. The Labute approximate surface area is 93.9 Å². The van der Waals surface area contributed by atoms with E-state index in [0.29, 0.717) is 0 Å². The molecule has 0 aromatic carbocycles. The van der Waals surface area contributed by atoms with Crippen LogP contribution in [0.3, 0.4) is 0 Å². The van der Waals surface area contributed by atoms with Gasteiger partial charge in [-0.05, 0) is 32.2 Å². The van der Waals surface area contributed by atoms with Crippen LogP contribution >= 0.6 is 0 Å². The highest BCUT2D eigenvalue weighted by Crippen LogP contribution is 2.20. The molecule has 0 aliphatic carbocycles. The Balaban J connectivity index is 1.77. The molecule has 0 radical (unpaired) electrons. The summed E-state index contributed by atoms with van der Waals surface area (Å²) in [6.07, 6.45) is 9.22. The van der Waals surface area contributed by atoms with Crippen LogP contribution < -0.4 is 0 Å². The zero-order valence-electron chi connectivity index (χ0n) is 10.0. The number of unbranched alkanes of at least 4 members (excludes halogenated alkanes) is 1. The monoisotopic (exact) mass is 208 g/mol. The van der Waals surface area contributed by atoms with E-state index in [9.17, 15) is 0 Å². The van der Waals surface area contributed by atoms with Gasteiger partial charge in [0, 0.05) is 31.9 Å². The molecule has 0 amide bonds. The van der Waals surface area contributed by atoms with Crippen LogP contribution in [0.1, 0.15) is 39.0 Å². The molecule has 86 valence electrons. The van der Waals surface area contributed by atoms with E-state index in [-0.39, 0.29) is 0 Å². The molecular weight excluding hydrogens is 184 g/mol. The molecule has 0 spiro atoms. The van der Waals surface area contributed by atoms with Gasteiger partial charge in [-0.25, -0.2) is 0 Å². The molecule has 2 heteroatoms. The van der Waals surface area contributed by atoms with Gasteiger partial charge in [-0.15, -0.1) is 0 Å². The van der Waals surface area contributed by atoms with Gasteiger partial charge < -0.3 is 4.90 Å². The second-order valence-electron chi connectivity index (χ2n) is 4.79. The van der Waals surface area contributed by atoms with Gasteiger partial charge in [0.05, 0.1) is 0 Å². The second kappa shape index (κ2) is 5.55. The lowest BCUT2D eigenvalue weighted by atomic mass is 10.1. The molecule has 1 fully saturated rings. The third kappa shape index (κ3) is 2.97. The van der Waals surface area contributed by atoms with Crippen molar-refractivity contribution in [1.29, 1.82) is 0 Å². The molecule has 2 aliphatic heterocycles. The highest BCUT2D eigenvalue weighted by atomic mass is 15.2. The van der Waals surface area contributed by atoms with E-state index in [1.165, 1.54) is 64.8 Å². The van der Waals surface area contributed by atoms with Crippen molar-refractivity contribution in [3.63, 3.8) is 0 Å². The van der Waals surface area contributed by atoms with Gasteiger partial charge in [-0.3, -0.25) is 4.90 Å². The van der Waals surface area contributed by atoms with Crippen LogP contribution in [0.25, 0.3) is 0 Å². The Hall–Kier alpha value is -0.500. The number of hydrogen-bond donors (Lipinski definition) is 0. The molecule has 2 nitrogen and oxygen atoms in total. The predicted molar refractivity (Wildman–Crippen MR) is 64.9 cm³/mol. The Morgan fingerprint density at radius 2 is 2.00 bits per heavy atom. The van der Waals surface area contributed by atoms with Crippen molar-refractivity contribution in [2.24, 2.45) is 0 Å². The lowest BCUT2D eigenvalue weighted by Gasteiger charge is -2.30. The SMILES string of the molecule is CCCCN1CC=C(N2CCCC2)CC1. The first-order valence-electron chi connectivity index (χ1n) is 6.56. The zero-order chi connectivity index (χ0) is 10.5. The molecule has 2 rings (SSSR count). The molecule has 0 aromatic rings. The fraction of sp³-hybridized carbons (Fsp3) is 0.846. The van der Waals surface area contributed by atoms with E-state index in [2.05, 4.69) is 22.8 Å². The van der Waals surface area contributed by atoms with Crippen LogP contribution in [0.4, 0.5) is 0 Å². The molecule has 2 aliphatic rings. The third-order valence-corrected chi connectivity index (χ3v) is 3.61. The van der Waals surface area contributed by atoms with Crippen LogP contribution in [0.5, 0.6) is 0 Å². The summed E-state index contributed by atoms with van der Waals surface area (Å²) in [5.41, 5.74) is 1.63. The summed E-state index contributed by atoms with van der Waals surface area (Å²) in [6.45, 7) is 8.64. The molecular formula is C13H24N2. The van der Waals surface area contributed by atoms with E-state index in [1.54, 1.807) is 5.70 Å². The maximum Gasteiger partial charge on any atom is 0.0183 e. The molecule has 0 unspecified atom stereocenters. The molecule has 15 heavy (non-hydrogen) atoms. The summed E-state index contributed by atoms with van der Waals surface area (Å²) >= 11 is 0. The average Bonchev–Trinajstić information content (AvgIpc) is 2.80.